The lowest BCUT2D eigenvalue weighted by atomic mass is 10.2. The van der Waals surface area contributed by atoms with Crippen LogP contribution >= 0.6 is 0 Å². The molecule has 0 aliphatic carbocycles. The molecule has 3 aromatic carbocycles. The van der Waals surface area contributed by atoms with E-state index in [4.69, 9.17) is 16.6 Å². The van der Waals surface area contributed by atoms with Crippen molar-refractivity contribution in [2.45, 2.75) is 91.2 Å². The number of amides is 1. The van der Waals surface area contributed by atoms with E-state index < -0.39 is 55.6 Å². The molecule has 0 fully saturated rings. The van der Waals surface area contributed by atoms with Gasteiger partial charge >= 0.3 is 5.97 Å². The highest BCUT2D eigenvalue weighted by Crippen LogP contribution is 2.27. The van der Waals surface area contributed by atoms with Gasteiger partial charge in [0.15, 0.2) is 34.3 Å². The Hall–Kier alpha value is -3.59. The van der Waals surface area contributed by atoms with Crippen molar-refractivity contribution in [2.75, 3.05) is 6.54 Å². The van der Waals surface area contributed by atoms with Gasteiger partial charge in [-0.1, -0.05) is 36.4 Å². The first-order chi connectivity index (χ1) is 21.2. The van der Waals surface area contributed by atoms with Crippen LogP contribution in [-0.2, 0) is 39.1 Å². The highest BCUT2D eigenvalue weighted by Gasteiger charge is 2.43. The Bertz CT molecular complexity index is 1830. The van der Waals surface area contributed by atoms with Crippen molar-refractivity contribution in [1.29, 1.82) is 0 Å². The quantitative estimate of drug-likeness (QED) is 0.289. The average Bonchev–Trinajstić information content (AvgIpc) is 2.97. The zero-order chi connectivity index (χ0) is 36.8. The zero-order valence-corrected chi connectivity index (χ0v) is 30.7. The summed E-state index contributed by atoms with van der Waals surface area (Å²) in [5.41, 5.74) is 13.1. The molecule has 5 N–H and O–H groups in total. The standard InChI is InChI=1S/C11H15NO3S.C11H17NO2S.C11H14O4S/c1-8-5-4-6-9(7-8)16(14,15)11(2,3)10(12)13;1-9-5-4-6-10(7-9)15(13,14)11(2,3)8-12;1-8-5-4-6-9(7-8)16(14,15)11(2,3)10(12)13/h4-7H,1-3H3,(H2,12,13);4-7H,8,12H2,1-3H3;4-7H,1-3H3,(H,12,13). The third kappa shape index (κ3) is 9.28. The fraction of sp³-hybridized carbons (Fsp3) is 0.394. The number of carboxylic acids is 1. The van der Waals surface area contributed by atoms with Crippen LogP contribution in [0.5, 0.6) is 0 Å². The van der Waals surface area contributed by atoms with Crippen LogP contribution < -0.4 is 11.5 Å². The summed E-state index contributed by atoms with van der Waals surface area (Å²) in [7, 11) is -10.9. The number of nitrogens with two attached hydrogens (primary N) is 2. The van der Waals surface area contributed by atoms with E-state index in [-0.39, 0.29) is 16.3 Å². The van der Waals surface area contributed by atoms with Gasteiger partial charge < -0.3 is 16.6 Å². The van der Waals surface area contributed by atoms with Crippen LogP contribution in [0, 0.1) is 20.8 Å². The van der Waals surface area contributed by atoms with E-state index in [1.807, 2.05) is 13.0 Å². The third-order valence-electron chi connectivity index (χ3n) is 7.57. The van der Waals surface area contributed by atoms with Crippen LogP contribution in [0.4, 0.5) is 0 Å². The number of rotatable bonds is 9. The predicted molar refractivity (Wildman–Crippen MR) is 183 cm³/mol. The third-order valence-corrected chi connectivity index (χ3v) is 14.9. The van der Waals surface area contributed by atoms with E-state index in [1.165, 1.54) is 52.0 Å². The minimum Gasteiger partial charge on any atom is -0.480 e. The number of carbonyl (C=O) groups excluding carboxylic acids is 1. The molecule has 1 amide bonds. The number of carboxylic acid groups (broad SMARTS) is 1. The van der Waals surface area contributed by atoms with E-state index in [9.17, 15) is 34.8 Å². The molecule has 0 heterocycles. The largest absolute Gasteiger partial charge is 0.480 e. The van der Waals surface area contributed by atoms with Crippen molar-refractivity contribution in [3.05, 3.63) is 89.5 Å². The van der Waals surface area contributed by atoms with Gasteiger partial charge in [0.25, 0.3) is 0 Å². The molecule has 0 aliphatic heterocycles. The van der Waals surface area contributed by atoms with E-state index in [0.29, 0.717) is 4.90 Å². The number of aliphatic carboxylic acids is 1. The summed E-state index contributed by atoms with van der Waals surface area (Å²) in [4.78, 5) is 22.6. The van der Waals surface area contributed by atoms with Crippen molar-refractivity contribution >= 4 is 41.4 Å². The summed E-state index contributed by atoms with van der Waals surface area (Å²) in [5.74, 6) is -2.21. The number of benzene rings is 3. The molecule has 3 aromatic rings. The molecule has 0 radical (unpaired) electrons. The Morgan fingerprint density at radius 2 is 0.894 bits per heavy atom. The van der Waals surface area contributed by atoms with Gasteiger partial charge in [-0.15, -0.1) is 0 Å². The molecule has 0 bridgehead atoms. The Labute approximate surface area is 279 Å². The molecule has 0 atom stereocenters. The lowest BCUT2D eigenvalue weighted by Crippen LogP contribution is -2.45. The average molecular weight is 711 g/mol. The Balaban J connectivity index is 0.000000353. The first-order valence-electron chi connectivity index (χ1n) is 14.4. The maximum atomic E-state index is 12.2. The second-order valence-electron chi connectivity index (χ2n) is 12.6. The molecule has 14 heteroatoms. The highest BCUT2D eigenvalue weighted by molar-refractivity contribution is 7.94. The minimum atomic E-state index is -3.86. The van der Waals surface area contributed by atoms with Gasteiger partial charge in [0, 0.05) is 6.54 Å². The molecule has 11 nitrogen and oxygen atoms in total. The Kier molecular flexibility index (Phi) is 13.3. The molecule has 0 unspecified atom stereocenters. The number of hydrogen-bond acceptors (Lipinski definition) is 9. The van der Waals surface area contributed by atoms with E-state index in [2.05, 4.69) is 0 Å². The van der Waals surface area contributed by atoms with E-state index >= 15 is 0 Å². The van der Waals surface area contributed by atoms with Crippen LogP contribution in [0.3, 0.4) is 0 Å². The van der Waals surface area contributed by atoms with Gasteiger partial charge in [0.1, 0.15) is 4.75 Å². The lowest BCUT2D eigenvalue weighted by Gasteiger charge is -2.22. The zero-order valence-electron chi connectivity index (χ0n) is 28.2. The summed E-state index contributed by atoms with van der Waals surface area (Å²) in [6.07, 6.45) is 0. The molecule has 260 valence electrons. The van der Waals surface area contributed by atoms with Gasteiger partial charge in [-0.2, -0.15) is 0 Å². The number of sulfone groups is 3. The van der Waals surface area contributed by atoms with Crippen LogP contribution in [0.2, 0.25) is 0 Å². The van der Waals surface area contributed by atoms with E-state index in [1.54, 1.807) is 70.2 Å². The first kappa shape index (κ1) is 41.4. The molecule has 3 rings (SSSR count). The number of carbonyl (C=O) groups is 2. The second kappa shape index (κ2) is 15.1. The maximum Gasteiger partial charge on any atom is 0.324 e. The molecule has 47 heavy (non-hydrogen) atoms. The number of aryl methyl sites for hydroxylation is 3. The van der Waals surface area contributed by atoms with Gasteiger partial charge in [-0.25, -0.2) is 25.3 Å². The fourth-order valence-electron chi connectivity index (χ4n) is 3.61. The van der Waals surface area contributed by atoms with Gasteiger partial charge in [0.05, 0.1) is 19.4 Å². The van der Waals surface area contributed by atoms with Gasteiger partial charge in [0.2, 0.25) is 5.91 Å². The predicted octanol–water partition coefficient (Wildman–Crippen LogP) is 4.17. The molecule has 0 spiro atoms. The smallest absolute Gasteiger partial charge is 0.324 e. The molecule has 0 saturated heterocycles. The molecular weight excluding hydrogens is 665 g/mol. The van der Waals surface area contributed by atoms with Crippen LogP contribution in [0.1, 0.15) is 58.2 Å². The van der Waals surface area contributed by atoms with Crippen molar-refractivity contribution in [3.63, 3.8) is 0 Å². The number of primary amides is 1. The molecule has 0 aliphatic rings. The van der Waals surface area contributed by atoms with Crippen LogP contribution in [0.25, 0.3) is 0 Å². The second-order valence-corrected chi connectivity index (χ2v) is 20.2. The number of hydrogen-bond donors (Lipinski definition) is 3. The van der Waals surface area contributed by atoms with Gasteiger partial charge in [-0.05, 0) is 115 Å². The topological polar surface area (TPSA) is 209 Å². The first-order valence-corrected chi connectivity index (χ1v) is 18.8. The van der Waals surface area contributed by atoms with Crippen molar-refractivity contribution in [1.82, 2.24) is 0 Å². The SMILES string of the molecule is Cc1cccc(S(=O)(=O)C(C)(C)C(=O)O)c1.Cc1cccc(S(=O)(=O)C(C)(C)C(N)=O)c1.Cc1cccc(S(=O)(=O)C(C)(C)CN)c1. The molecule has 0 aromatic heterocycles. The minimum absolute atomic E-state index is 0.0416. The monoisotopic (exact) mass is 710 g/mol. The van der Waals surface area contributed by atoms with E-state index in [0.717, 1.165) is 16.7 Å². The molecule has 0 saturated carbocycles. The fourth-order valence-corrected chi connectivity index (χ4v) is 7.94. The molecular formula is C33H46N2O9S3. The summed E-state index contributed by atoms with van der Waals surface area (Å²) in [6, 6.07) is 19.6. The normalized spacial score (nSPS) is 12.6. The summed E-state index contributed by atoms with van der Waals surface area (Å²) in [6.45, 7) is 13.8. The lowest BCUT2D eigenvalue weighted by molar-refractivity contribution is -0.139. The maximum absolute atomic E-state index is 12.2. The highest BCUT2D eigenvalue weighted by atomic mass is 32.2. The summed E-state index contributed by atoms with van der Waals surface area (Å²) in [5, 5.41) is 8.93. The Morgan fingerprint density at radius 1 is 0.596 bits per heavy atom. The van der Waals surface area contributed by atoms with Crippen LogP contribution in [0.15, 0.2) is 87.5 Å². The van der Waals surface area contributed by atoms with Crippen molar-refractivity contribution in [2.24, 2.45) is 11.5 Å². The van der Waals surface area contributed by atoms with Crippen molar-refractivity contribution in [3.8, 4) is 0 Å². The van der Waals surface area contributed by atoms with Crippen molar-refractivity contribution < 1.29 is 39.9 Å². The van der Waals surface area contributed by atoms with Gasteiger partial charge in [-0.3, -0.25) is 9.59 Å². The summed E-state index contributed by atoms with van der Waals surface area (Å²) < 4.78 is 68.4. The van der Waals surface area contributed by atoms with Crippen LogP contribution in [-0.4, -0.2) is 63.0 Å². The summed E-state index contributed by atoms with van der Waals surface area (Å²) >= 11 is 0. The Morgan fingerprint density at radius 3 is 1.15 bits per heavy atom.